The van der Waals surface area contributed by atoms with Gasteiger partial charge in [-0.25, -0.2) is 4.68 Å². The number of tetrazole rings is 1. The largest absolute Gasteiger partial charge is 0.496 e. The van der Waals surface area contributed by atoms with E-state index in [1.807, 2.05) is 44.2 Å². The fourth-order valence-electron chi connectivity index (χ4n) is 3.32. The summed E-state index contributed by atoms with van der Waals surface area (Å²) >= 11 is 0. The second-order valence-corrected chi connectivity index (χ2v) is 6.72. The van der Waals surface area contributed by atoms with E-state index in [9.17, 15) is 4.79 Å². The molecule has 0 bridgehead atoms. The number of benzene rings is 2. The number of aromatic nitrogens is 5. The Kier molecular flexibility index (Phi) is 5.25. The number of ether oxygens (including phenoxy) is 1. The fraction of sp³-hybridized carbons (Fsp3) is 0.190. The quantitative estimate of drug-likeness (QED) is 0.526. The summed E-state index contributed by atoms with van der Waals surface area (Å²) in [5.41, 5.74) is 4.37. The molecule has 0 unspecified atom stereocenters. The first kappa shape index (κ1) is 19.3. The summed E-state index contributed by atoms with van der Waals surface area (Å²) < 4.78 is 12.2. The van der Waals surface area contributed by atoms with Crippen LogP contribution in [0, 0.1) is 13.8 Å². The monoisotopic (exact) mass is 404 g/mol. The van der Waals surface area contributed by atoms with Gasteiger partial charge in [0.15, 0.2) is 0 Å². The minimum absolute atomic E-state index is 0.233. The van der Waals surface area contributed by atoms with Crippen molar-refractivity contribution in [3.05, 3.63) is 71.4 Å². The molecule has 0 fully saturated rings. The molecular formula is C21H20N6O3. The summed E-state index contributed by atoms with van der Waals surface area (Å²) in [7, 11) is 1.60. The van der Waals surface area contributed by atoms with Gasteiger partial charge in [0.05, 0.1) is 18.5 Å². The minimum Gasteiger partial charge on any atom is -0.496 e. The standard InChI is InChI=1S/C21H20N6O3/c1-13-20(14(2)30-24-13)16-8-17(10-18(9-16)27-12-23-25-26-27)21(28)22-11-15-6-4-5-7-19(15)29-3/h4-10,12H,11H2,1-3H3,(H,22,28). The van der Waals surface area contributed by atoms with Crippen LogP contribution in [0.25, 0.3) is 16.8 Å². The van der Waals surface area contributed by atoms with Gasteiger partial charge in [-0.2, -0.15) is 0 Å². The van der Waals surface area contributed by atoms with Crippen LogP contribution in [0.5, 0.6) is 5.75 Å². The Bertz CT molecular complexity index is 1160. The molecule has 0 radical (unpaired) electrons. The van der Waals surface area contributed by atoms with E-state index >= 15 is 0 Å². The van der Waals surface area contributed by atoms with Crippen LogP contribution in [0.4, 0.5) is 0 Å². The number of hydrogen-bond acceptors (Lipinski definition) is 7. The van der Waals surface area contributed by atoms with Crippen LogP contribution in [-0.4, -0.2) is 38.4 Å². The molecule has 0 saturated heterocycles. The van der Waals surface area contributed by atoms with Crippen molar-refractivity contribution in [2.24, 2.45) is 0 Å². The van der Waals surface area contributed by atoms with E-state index in [0.29, 0.717) is 23.6 Å². The Morgan fingerprint density at radius 3 is 2.73 bits per heavy atom. The molecular weight excluding hydrogens is 384 g/mol. The van der Waals surface area contributed by atoms with Crippen molar-refractivity contribution in [2.75, 3.05) is 7.11 Å². The average molecular weight is 404 g/mol. The first-order valence-electron chi connectivity index (χ1n) is 9.28. The van der Waals surface area contributed by atoms with Crippen LogP contribution in [0.1, 0.15) is 27.4 Å². The molecule has 0 atom stereocenters. The predicted octanol–water partition coefficient (Wildman–Crippen LogP) is 2.87. The summed E-state index contributed by atoms with van der Waals surface area (Å²) in [4.78, 5) is 13.0. The first-order valence-corrected chi connectivity index (χ1v) is 9.28. The lowest BCUT2D eigenvalue weighted by atomic mass is 10.00. The maximum absolute atomic E-state index is 13.0. The molecule has 1 N–H and O–H groups in total. The summed E-state index contributed by atoms with van der Waals surface area (Å²) in [5, 5.41) is 18.3. The summed E-state index contributed by atoms with van der Waals surface area (Å²) in [5.74, 6) is 1.15. The zero-order valence-corrected chi connectivity index (χ0v) is 16.8. The van der Waals surface area contributed by atoms with Crippen LogP contribution in [0.3, 0.4) is 0 Å². The van der Waals surface area contributed by atoms with Gasteiger partial charge in [-0.15, -0.1) is 5.10 Å². The molecule has 152 valence electrons. The number of methoxy groups -OCH3 is 1. The van der Waals surface area contributed by atoms with E-state index in [-0.39, 0.29) is 5.91 Å². The Balaban J connectivity index is 1.69. The number of carbonyl (C=O) groups is 1. The van der Waals surface area contributed by atoms with E-state index in [4.69, 9.17) is 9.26 Å². The van der Waals surface area contributed by atoms with E-state index < -0.39 is 0 Å². The van der Waals surface area contributed by atoms with Gasteiger partial charge >= 0.3 is 0 Å². The third kappa shape index (κ3) is 3.77. The highest BCUT2D eigenvalue weighted by atomic mass is 16.5. The van der Waals surface area contributed by atoms with Gasteiger partial charge in [0.25, 0.3) is 5.91 Å². The normalized spacial score (nSPS) is 10.8. The lowest BCUT2D eigenvalue weighted by Gasteiger charge is -2.12. The minimum atomic E-state index is -0.233. The average Bonchev–Trinajstić information content (AvgIpc) is 3.42. The van der Waals surface area contributed by atoms with E-state index in [0.717, 1.165) is 28.1 Å². The Labute approximate surface area is 172 Å². The number of aryl methyl sites for hydroxylation is 2. The molecule has 2 aromatic heterocycles. The fourth-order valence-corrected chi connectivity index (χ4v) is 3.32. The molecule has 0 aliphatic heterocycles. The smallest absolute Gasteiger partial charge is 0.251 e. The van der Waals surface area contributed by atoms with Crippen LogP contribution < -0.4 is 10.1 Å². The number of amides is 1. The van der Waals surface area contributed by atoms with Gasteiger partial charge in [0.2, 0.25) is 0 Å². The van der Waals surface area contributed by atoms with Crippen LogP contribution in [0.15, 0.2) is 53.3 Å². The maximum atomic E-state index is 13.0. The van der Waals surface area contributed by atoms with Crippen molar-refractivity contribution in [2.45, 2.75) is 20.4 Å². The van der Waals surface area contributed by atoms with Crippen LogP contribution in [0.2, 0.25) is 0 Å². The second-order valence-electron chi connectivity index (χ2n) is 6.72. The van der Waals surface area contributed by atoms with Gasteiger partial charge in [-0.3, -0.25) is 4.79 Å². The maximum Gasteiger partial charge on any atom is 0.251 e. The Morgan fingerprint density at radius 1 is 1.20 bits per heavy atom. The Morgan fingerprint density at radius 2 is 2.03 bits per heavy atom. The lowest BCUT2D eigenvalue weighted by molar-refractivity contribution is 0.0950. The van der Waals surface area contributed by atoms with Gasteiger partial charge in [0.1, 0.15) is 17.8 Å². The summed E-state index contributed by atoms with van der Waals surface area (Å²) in [6, 6.07) is 13.0. The molecule has 1 amide bonds. The molecule has 0 aliphatic carbocycles. The number of rotatable bonds is 6. The number of nitrogens with one attached hydrogen (secondary N) is 1. The van der Waals surface area contributed by atoms with Crippen molar-refractivity contribution >= 4 is 5.91 Å². The third-order valence-electron chi connectivity index (χ3n) is 4.75. The van der Waals surface area contributed by atoms with Crippen molar-refractivity contribution in [3.63, 3.8) is 0 Å². The molecule has 4 aromatic rings. The summed E-state index contributed by atoms with van der Waals surface area (Å²) in [6.07, 6.45) is 1.48. The van der Waals surface area contributed by atoms with E-state index in [1.165, 1.54) is 11.0 Å². The molecule has 0 spiro atoms. The van der Waals surface area contributed by atoms with E-state index in [2.05, 4.69) is 26.0 Å². The molecule has 9 nitrogen and oxygen atoms in total. The number of nitrogens with zero attached hydrogens (tertiary/aromatic N) is 5. The molecule has 2 heterocycles. The highest BCUT2D eigenvalue weighted by molar-refractivity contribution is 5.96. The number of hydrogen-bond donors (Lipinski definition) is 1. The molecule has 30 heavy (non-hydrogen) atoms. The highest BCUT2D eigenvalue weighted by Crippen LogP contribution is 2.29. The van der Waals surface area contributed by atoms with E-state index in [1.54, 1.807) is 19.2 Å². The Hall–Kier alpha value is -4.01. The van der Waals surface area contributed by atoms with Gasteiger partial charge in [-0.1, -0.05) is 23.4 Å². The zero-order chi connectivity index (χ0) is 21.1. The van der Waals surface area contributed by atoms with Gasteiger partial charge in [0, 0.05) is 23.2 Å². The van der Waals surface area contributed by atoms with Crippen molar-refractivity contribution < 1.29 is 14.1 Å². The molecule has 4 rings (SSSR count). The van der Waals surface area contributed by atoms with Crippen molar-refractivity contribution in [3.8, 4) is 22.6 Å². The van der Waals surface area contributed by atoms with Gasteiger partial charge in [-0.05, 0) is 54.1 Å². The zero-order valence-electron chi connectivity index (χ0n) is 16.8. The first-order chi connectivity index (χ1) is 14.6. The molecule has 9 heteroatoms. The highest BCUT2D eigenvalue weighted by Gasteiger charge is 2.17. The molecule has 2 aromatic carbocycles. The third-order valence-corrected chi connectivity index (χ3v) is 4.75. The van der Waals surface area contributed by atoms with Crippen LogP contribution >= 0.6 is 0 Å². The van der Waals surface area contributed by atoms with Crippen LogP contribution in [-0.2, 0) is 6.54 Å². The predicted molar refractivity (Wildman–Crippen MR) is 108 cm³/mol. The summed E-state index contributed by atoms with van der Waals surface area (Å²) in [6.45, 7) is 4.02. The van der Waals surface area contributed by atoms with Crippen molar-refractivity contribution in [1.82, 2.24) is 30.7 Å². The number of carbonyl (C=O) groups excluding carboxylic acids is 1. The molecule has 0 saturated carbocycles. The topological polar surface area (TPSA) is 108 Å². The SMILES string of the molecule is COc1ccccc1CNC(=O)c1cc(-c2c(C)noc2C)cc(-n2cnnn2)c1. The number of para-hydroxylation sites is 1. The van der Waals surface area contributed by atoms with Gasteiger partial charge < -0.3 is 14.6 Å². The van der Waals surface area contributed by atoms with Crippen molar-refractivity contribution in [1.29, 1.82) is 0 Å². The lowest BCUT2D eigenvalue weighted by Crippen LogP contribution is -2.23. The molecule has 0 aliphatic rings. The second kappa shape index (κ2) is 8.16.